The molecule has 1 atom stereocenters. The molecule has 0 spiro atoms. The number of nitrogens with one attached hydrogen (secondary N) is 1. The van der Waals surface area contributed by atoms with E-state index in [1.165, 1.54) is 6.92 Å². The Bertz CT molecular complexity index is 1030. The van der Waals surface area contributed by atoms with E-state index in [4.69, 9.17) is 5.73 Å². The Morgan fingerprint density at radius 2 is 1.90 bits per heavy atom. The number of imidazole rings is 1. The van der Waals surface area contributed by atoms with Gasteiger partial charge in [-0.05, 0) is 30.9 Å². The molecule has 0 saturated heterocycles. The molecule has 1 aromatic heterocycles. The summed E-state index contributed by atoms with van der Waals surface area (Å²) in [5.74, 6) is -1.95. The van der Waals surface area contributed by atoms with Gasteiger partial charge in [0, 0.05) is 44.5 Å². The highest BCUT2D eigenvalue weighted by Crippen LogP contribution is 2.43. The lowest BCUT2D eigenvalue weighted by atomic mass is 10.0. The van der Waals surface area contributed by atoms with E-state index in [9.17, 15) is 22.8 Å². The van der Waals surface area contributed by atoms with Gasteiger partial charge >= 0.3 is 0 Å². The summed E-state index contributed by atoms with van der Waals surface area (Å²) in [5.41, 5.74) is 6.80. The van der Waals surface area contributed by atoms with Crippen molar-refractivity contribution in [3.8, 4) is 0 Å². The molecule has 0 unspecified atom stereocenters. The number of aromatic nitrogens is 2. The van der Waals surface area contributed by atoms with Crippen molar-refractivity contribution in [3.05, 3.63) is 46.7 Å². The molecule has 2 aromatic rings. The molecule has 1 aromatic carbocycles. The number of halogens is 3. The maximum Gasteiger partial charge on any atom is 0.224 e. The second-order valence-electron chi connectivity index (χ2n) is 8.21. The van der Waals surface area contributed by atoms with E-state index in [-0.39, 0.29) is 36.8 Å². The van der Waals surface area contributed by atoms with Gasteiger partial charge in [0.25, 0.3) is 0 Å². The van der Waals surface area contributed by atoms with Crippen molar-refractivity contribution in [2.45, 2.75) is 57.7 Å². The lowest BCUT2D eigenvalue weighted by Gasteiger charge is -2.29. The van der Waals surface area contributed by atoms with Crippen molar-refractivity contribution in [1.29, 1.82) is 0 Å². The maximum atomic E-state index is 13.9. The minimum atomic E-state index is -1.26. The predicted molar refractivity (Wildman–Crippen MR) is 107 cm³/mol. The summed E-state index contributed by atoms with van der Waals surface area (Å²) in [4.78, 5) is 30.6. The molecular formula is C21H24F3N5O2. The van der Waals surface area contributed by atoms with Crippen LogP contribution in [-0.2, 0) is 29.1 Å². The third-order valence-electron chi connectivity index (χ3n) is 5.62. The summed E-state index contributed by atoms with van der Waals surface area (Å²) in [7, 11) is 0. The minimum Gasteiger partial charge on any atom is -0.333 e. The fourth-order valence-corrected chi connectivity index (χ4v) is 3.93. The number of hydrogen-bond acceptors (Lipinski definition) is 4. The van der Waals surface area contributed by atoms with Crippen LogP contribution in [0.25, 0.3) is 0 Å². The number of hydrogen-bond donors (Lipinski definition) is 2. The van der Waals surface area contributed by atoms with E-state index < -0.39 is 23.5 Å². The van der Waals surface area contributed by atoms with Crippen LogP contribution in [0.2, 0.25) is 0 Å². The summed E-state index contributed by atoms with van der Waals surface area (Å²) in [6.07, 6.45) is 1.91. The first-order valence-electron chi connectivity index (χ1n) is 10.3. The van der Waals surface area contributed by atoms with E-state index in [0.717, 1.165) is 24.6 Å². The Kier molecular flexibility index (Phi) is 5.74. The summed E-state index contributed by atoms with van der Waals surface area (Å²) in [5, 5.41) is 2.87. The summed E-state index contributed by atoms with van der Waals surface area (Å²) < 4.78 is 42.3. The van der Waals surface area contributed by atoms with E-state index >= 15 is 0 Å². The number of fused-ring (bicyclic) bond motifs is 1. The van der Waals surface area contributed by atoms with Crippen molar-refractivity contribution in [2.24, 2.45) is 5.73 Å². The lowest BCUT2D eigenvalue weighted by molar-refractivity contribution is -0.133. The highest BCUT2D eigenvalue weighted by atomic mass is 19.2. The average Bonchev–Trinajstić information content (AvgIpc) is 3.48. The second-order valence-corrected chi connectivity index (χ2v) is 8.21. The van der Waals surface area contributed by atoms with E-state index in [1.54, 1.807) is 4.90 Å². The van der Waals surface area contributed by atoms with Crippen molar-refractivity contribution in [2.75, 3.05) is 11.9 Å². The van der Waals surface area contributed by atoms with Gasteiger partial charge in [-0.25, -0.2) is 18.2 Å². The van der Waals surface area contributed by atoms with Gasteiger partial charge in [0.15, 0.2) is 11.6 Å². The Hall–Kier alpha value is -2.88. The van der Waals surface area contributed by atoms with Crippen LogP contribution >= 0.6 is 0 Å². The molecule has 10 heteroatoms. The minimum absolute atomic E-state index is 0.0623. The van der Waals surface area contributed by atoms with Gasteiger partial charge in [-0.1, -0.05) is 0 Å². The van der Waals surface area contributed by atoms with E-state index in [2.05, 4.69) is 10.3 Å². The van der Waals surface area contributed by atoms with E-state index in [1.807, 2.05) is 4.57 Å². The fraction of sp³-hybridized carbons (Fsp3) is 0.476. The smallest absolute Gasteiger partial charge is 0.224 e. The highest BCUT2D eigenvalue weighted by Gasteiger charge is 2.34. The van der Waals surface area contributed by atoms with Crippen molar-refractivity contribution >= 4 is 17.6 Å². The molecule has 2 amide bonds. The molecule has 1 saturated carbocycles. The van der Waals surface area contributed by atoms with Crippen LogP contribution in [0.4, 0.5) is 19.0 Å². The average molecular weight is 435 g/mol. The molecule has 2 heterocycles. The van der Waals surface area contributed by atoms with Gasteiger partial charge in [-0.15, -0.1) is 0 Å². The third kappa shape index (κ3) is 4.58. The van der Waals surface area contributed by atoms with E-state index in [0.29, 0.717) is 36.7 Å². The molecule has 3 N–H and O–H groups in total. The van der Waals surface area contributed by atoms with Crippen molar-refractivity contribution in [3.63, 3.8) is 0 Å². The Balaban J connectivity index is 1.42. The number of benzene rings is 1. The van der Waals surface area contributed by atoms with Crippen LogP contribution in [0.3, 0.4) is 0 Å². The molecule has 31 heavy (non-hydrogen) atoms. The molecule has 0 radical (unpaired) electrons. The van der Waals surface area contributed by atoms with Crippen LogP contribution in [-0.4, -0.2) is 38.9 Å². The third-order valence-corrected chi connectivity index (χ3v) is 5.62. The molecule has 1 aliphatic heterocycles. The quantitative estimate of drug-likeness (QED) is 0.682. The number of nitrogens with zero attached hydrogens (tertiary/aromatic N) is 3. The SMILES string of the molecule is CC(=O)Nc1c(C2CC2)nc2n1CCN(C(=O)C[C@H](N)Cc1cc(F)c(F)cc1F)C2. The molecule has 7 nitrogen and oxygen atoms in total. The molecule has 2 aliphatic rings. The molecule has 1 aliphatic carbocycles. The zero-order valence-electron chi connectivity index (χ0n) is 17.1. The van der Waals surface area contributed by atoms with Gasteiger partial charge in [0.1, 0.15) is 17.5 Å². The fourth-order valence-electron chi connectivity index (χ4n) is 3.93. The zero-order chi connectivity index (χ0) is 22.3. The molecule has 166 valence electrons. The number of rotatable bonds is 6. The van der Waals surface area contributed by atoms with Crippen LogP contribution in [0.1, 0.15) is 49.2 Å². The number of amides is 2. The van der Waals surface area contributed by atoms with Gasteiger partial charge in [0.2, 0.25) is 11.8 Å². The van der Waals surface area contributed by atoms with Crippen molar-refractivity contribution < 1.29 is 22.8 Å². The first kappa shape index (κ1) is 21.4. The Morgan fingerprint density at radius 3 is 2.58 bits per heavy atom. The molecule has 1 fully saturated rings. The monoisotopic (exact) mass is 435 g/mol. The standard InChI is InChI=1S/C21H24F3N5O2/c1-11(30)26-21-20(12-2-3-12)27-18-10-28(4-5-29(18)21)19(31)8-14(25)6-13-7-16(23)17(24)9-15(13)22/h7,9,12,14H,2-6,8,10,25H2,1H3,(H,26,30)/t14-/m1/s1. The molecule has 0 bridgehead atoms. The summed E-state index contributed by atoms with van der Waals surface area (Å²) in [6.45, 7) is 2.64. The normalized spacial score (nSPS) is 16.7. The van der Waals surface area contributed by atoms with Crippen LogP contribution < -0.4 is 11.1 Å². The van der Waals surface area contributed by atoms with Gasteiger partial charge in [0.05, 0.1) is 12.2 Å². The van der Waals surface area contributed by atoms with Crippen LogP contribution in [0.5, 0.6) is 0 Å². The first-order valence-corrected chi connectivity index (χ1v) is 10.3. The van der Waals surface area contributed by atoms with Gasteiger partial charge in [-0.3, -0.25) is 9.59 Å². The summed E-state index contributed by atoms with van der Waals surface area (Å²) >= 11 is 0. The van der Waals surface area contributed by atoms with Gasteiger partial charge < -0.3 is 20.5 Å². The zero-order valence-corrected chi connectivity index (χ0v) is 17.1. The number of carbonyl (C=O) groups is 2. The number of carbonyl (C=O) groups excluding carboxylic acids is 2. The molecule has 4 rings (SSSR count). The van der Waals surface area contributed by atoms with Gasteiger partial charge in [-0.2, -0.15) is 0 Å². The Labute approximate surface area is 177 Å². The maximum absolute atomic E-state index is 13.9. The summed E-state index contributed by atoms with van der Waals surface area (Å²) in [6, 6.07) is 0.509. The predicted octanol–water partition coefficient (Wildman–Crippen LogP) is 2.44. The largest absolute Gasteiger partial charge is 0.333 e. The first-order chi connectivity index (χ1) is 14.7. The number of anilines is 1. The second kappa shape index (κ2) is 8.33. The highest BCUT2D eigenvalue weighted by molar-refractivity contribution is 5.88. The Morgan fingerprint density at radius 1 is 1.19 bits per heavy atom. The van der Waals surface area contributed by atoms with Crippen LogP contribution in [0, 0.1) is 17.5 Å². The molecular weight excluding hydrogens is 411 g/mol. The number of nitrogens with two attached hydrogens (primary N) is 1. The van der Waals surface area contributed by atoms with Crippen molar-refractivity contribution in [1.82, 2.24) is 14.5 Å². The lowest BCUT2D eigenvalue weighted by Crippen LogP contribution is -2.41. The van der Waals surface area contributed by atoms with Crippen LogP contribution in [0.15, 0.2) is 12.1 Å². The topological polar surface area (TPSA) is 93.2 Å².